The van der Waals surface area contributed by atoms with Gasteiger partial charge in [0, 0.05) is 24.4 Å². The lowest BCUT2D eigenvalue weighted by Crippen LogP contribution is -2.16. The second-order valence-electron chi connectivity index (χ2n) is 5.13. The van der Waals surface area contributed by atoms with Crippen LogP contribution in [0.25, 0.3) is 0 Å². The Morgan fingerprint density at radius 2 is 2.12 bits per heavy atom. The summed E-state index contributed by atoms with van der Waals surface area (Å²) in [6.45, 7) is 2.26. The minimum atomic E-state index is -0.483. The Labute approximate surface area is 153 Å². The van der Waals surface area contributed by atoms with Gasteiger partial charge in [-0.3, -0.25) is 19.7 Å². The van der Waals surface area contributed by atoms with Crippen LogP contribution in [0.2, 0.25) is 0 Å². The van der Waals surface area contributed by atoms with Crippen LogP contribution < -0.4 is 10.6 Å². The number of aromatic nitrogens is 1. The molecule has 0 fully saturated rings. The van der Waals surface area contributed by atoms with Gasteiger partial charge in [0.25, 0.3) is 5.69 Å². The highest BCUT2D eigenvalue weighted by molar-refractivity contribution is 7.13. The van der Waals surface area contributed by atoms with Crippen molar-refractivity contribution in [2.24, 2.45) is 0 Å². The van der Waals surface area contributed by atoms with Crippen LogP contribution in [-0.4, -0.2) is 34.9 Å². The highest BCUT2D eigenvalue weighted by Crippen LogP contribution is 2.23. The molecule has 0 unspecified atom stereocenters. The predicted molar refractivity (Wildman–Crippen MR) is 97.3 cm³/mol. The van der Waals surface area contributed by atoms with Gasteiger partial charge in [0.15, 0.2) is 5.13 Å². The van der Waals surface area contributed by atoms with Gasteiger partial charge in [0.2, 0.25) is 5.91 Å². The summed E-state index contributed by atoms with van der Waals surface area (Å²) in [4.78, 5) is 37.9. The number of carbonyl (C=O) groups excluding carboxylic acids is 2. The molecule has 0 saturated heterocycles. The second-order valence-corrected chi connectivity index (χ2v) is 5.98. The number of nitrogens with one attached hydrogen (secondary N) is 2. The molecule has 1 aromatic heterocycles. The Hall–Kier alpha value is -3.01. The largest absolute Gasteiger partial charge is 0.466 e. The summed E-state index contributed by atoms with van der Waals surface area (Å²) in [6.07, 6.45) is 0.165. The van der Waals surface area contributed by atoms with Crippen molar-refractivity contribution in [1.29, 1.82) is 0 Å². The fourth-order valence-corrected chi connectivity index (χ4v) is 2.81. The summed E-state index contributed by atoms with van der Waals surface area (Å²) in [5.41, 5.74) is 0.842. The lowest BCUT2D eigenvalue weighted by Gasteiger charge is -2.06. The van der Waals surface area contributed by atoms with E-state index in [1.165, 1.54) is 17.4 Å². The highest BCUT2D eigenvalue weighted by atomic mass is 32.1. The maximum Gasteiger partial charge on any atom is 0.311 e. The number of para-hydroxylation sites is 2. The van der Waals surface area contributed by atoms with E-state index in [4.69, 9.17) is 4.74 Å². The molecule has 0 bridgehead atoms. The number of thiazole rings is 1. The van der Waals surface area contributed by atoms with Gasteiger partial charge in [-0.2, -0.15) is 0 Å². The average molecular weight is 378 g/mol. The number of nitro groups is 1. The van der Waals surface area contributed by atoms with Crippen molar-refractivity contribution in [2.45, 2.75) is 19.8 Å². The zero-order chi connectivity index (χ0) is 18.9. The molecule has 9 nitrogen and oxygen atoms in total. The normalized spacial score (nSPS) is 10.2. The highest BCUT2D eigenvalue weighted by Gasteiger charge is 2.13. The van der Waals surface area contributed by atoms with Gasteiger partial charge in [-0.25, -0.2) is 4.98 Å². The molecule has 10 heteroatoms. The summed E-state index contributed by atoms with van der Waals surface area (Å²) >= 11 is 1.21. The number of rotatable bonds is 9. The molecule has 26 heavy (non-hydrogen) atoms. The SMILES string of the molecule is CCOC(=O)Cc1csc(NC(=O)CCNc2ccccc2[N+](=O)[O-])n1. The molecule has 0 aliphatic rings. The van der Waals surface area contributed by atoms with Crippen LogP contribution in [0, 0.1) is 10.1 Å². The monoisotopic (exact) mass is 378 g/mol. The number of esters is 1. The van der Waals surface area contributed by atoms with Crippen LogP contribution in [-0.2, 0) is 20.7 Å². The van der Waals surface area contributed by atoms with E-state index < -0.39 is 4.92 Å². The number of carbonyl (C=O) groups is 2. The molecular formula is C16H18N4O5S. The topological polar surface area (TPSA) is 123 Å². The van der Waals surface area contributed by atoms with Crippen molar-refractivity contribution in [3.63, 3.8) is 0 Å². The van der Waals surface area contributed by atoms with Gasteiger partial charge in [-0.1, -0.05) is 12.1 Å². The first-order chi connectivity index (χ1) is 12.5. The van der Waals surface area contributed by atoms with Crippen LogP contribution >= 0.6 is 11.3 Å². The maximum atomic E-state index is 11.9. The van der Waals surface area contributed by atoms with Crippen molar-refractivity contribution in [3.8, 4) is 0 Å². The van der Waals surface area contributed by atoms with E-state index in [1.54, 1.807) is 30.5 Å². The number of ether oxygens (including phenoxy) is 1. The van der Waals surface area contributed by atoms with Crippen LogP contribution in [0.1, 0.15) is 19.0 Å². The van der Waals surface area contributed by atoms with E-state index in [-0.39, 0.29) is 37.0 Å². The molecule has 1 amide bonds. The molecule has 2 aromatic rings. The molecule has 2 N–H and O–H groups in total. The van der Waals surface area contributed by atoms with Crippen LogP contribution in [0.3, 0.4) is 0 Å². The Bertz CT molecular complexity index is 792. The zero-order valence-electron chi connectivity index (χ0n) is 14.1. The molecular weight excluding hydrogens is 360 g/mol. The van der Waals surface area contributed by atoms with E-state index in [1.807, 2.05) is 0 Å². The van der Waals surface area contributed by atoms with Gasteiger partial charge in [0.1, 0.15) is 5.69 Å². The predicted octanol–water partition coefficient (Wildman–Crippen LogP) is 2.60. The molecule has 138 valence electrons. The first kappa shape index (κ1) is 19.3. The van der Waals surface area contributed by atoms with Gasteiger partial charge in [-0.05, 0) is 13.0 Å². The summed E-state index contributed by atoms with van der Waals surface area (Å²) in [7, 11) is 0. The lowest BCUT2D eigenvalue weighted by atomic mass is 10.2. The lowest BCUT2D eigenvalue weighted by molar-refractivity contribution is -0.384. The van der Waals surface area contributed by atoms with E-state index in [9.17, 15) is 19.7 Å². The Balaban J connectivity index is 1.80. The minimum absolute atomic E-state index is 0.0450. The molecule has 0 atom stereocenters. The number of hydrogen-bond donors (Lipinski definition) is 2. The first-order valence-corrected chi connectivity index (χ1v) is 8.74. The third-order valence-electron chi connectivity index (χ3n) is 3.20. The number of benzene rings is 1. The van der Waals surface area contributed by atoms with E-state index in [0.29, 0.717) is 23.1 Å². The maximum absolute atomic E-state index is 11.9. The molecule has 0 radical (unpaired) electrons. The van der Waals surface area contributed by atoms with Crippen LogP contribution in [0.4, 0.5) is 16.5 Å². The first-order valence-electron chi connectivity index (χ1n) is 7.86. The number of amides is 1. The van der Waals surface area contributed by atoms with Gasteiger partial charge >= 0.3 is 5.97 Å². The van der Waals surface area contributed by atoms with Crippen molar-refractivity contribution >= 4 is 39.7 Å². The van der Waals surface area contributed by atoms with E-state index in [2.05, 4.69) is 15.6 Å². The molecule has 2 rings (SSSR count). The molecule has 0 spiro atoms. The Morgan fingerprint density at radius 3 is 2.85 bits per heavy atom. The standard InChI is InChI=1S/C16H18N4O5S/c1-2-25-15(22)9-11-10-26-16(18-11)19-14(21)7-8-17-12-5-3-4-6-13(12)20(23)24/h3-6,10,17H,2,7-9H2,1H3,(H,18,19,21). The molecule has 0 saturated carbocycles. The number of anilines is 2. The Kier molecular flexibility index (Phi) is 7.03. The fraction of sp³-hybridized carbons (Fsp3) is 0.312. The number of nitrogens with zero attached hydrogens (tertiary/aromatic N) is 2. The van der Waals surface area contributed by atoms with Crippen molar-refractivity contribution in [1.82, 2.24) is 4.98 Å². The zero-order valence-corrected chi connectivity index (χ0v) is 14.9. The van der Waals surface area contributed by atoms with Gasteiger partial charge < -0.3 is 15.4 Å². The molecule has 0 aliphatic carbocycles. The third kappa shape index (κ3) is 5.81. The fourth-order valence-electron chi connectivity index (χ4n) is 2.08. The van der Waals surface area contributed by atoms with Crippen LogP contribution in [0.15, 0.2) is 29.6 Å². The summed E-state index contributed by atoms with van der Waals surface area (Å²) in [6, 6.07) is 6.23. The van der Waals surface area contributed by atoms with Crippen molar-refractivity contribution in [3.05, 3.63) is 45.5 Å². The quantitative estimate of drug-likeness (QED) is 0.390. The number of hydrogen-bond acceptors (Lipinski definition) is 8. The minimum Gasteiger partial charge on any atom is -0.466 e. The summed E-state index contributed by atoms with van der Waals surface area (Å²) in [5, 5.41) is 18.5. The summed E-state index contributed by atoms with van der Waals surface area (Å²) in [5.74, 6) is -0.655. The molecule has 0 aliphatic heterocycles. The number of nitro benzene ring substituents is 1. The van der Waals surface area contributed by atoms with E-state index >= 15 is 0 Å². The average Bonchev–Trinajstić information content (AvgIpc) is 3.02. The van der Waals surface area contributed by atoms with Gasteiger partial charge in [0.05, 0.1) is 23.6 Å². The van der Waals surface area contributed by atoms with Crippen LogP contribution in [0.5, 0.6) is 0 Å². The summed E-state index contributed by atoms with van der Waals surface area (Å²) < 4.78 is 4.84. The third-order valence-corrected chi connectivity index (χ3v) is 4.00. The van der Waals surface area contributed by atoms with E-state index in [0.717, 1.165) is 0 Å². The smallest absolute Gasteiger partial charge is 0.311 e. The molecule has 1 aromatic carbocycles. The van der Waals surface area contributed by atoms with Crippen molar-refractivity contribution < 1.29 is 19.2 Å². The Morgan fingerprint density at radius 1 is 1.35 bits per heavy atom. The second kappa shape index (κ2) is 9.47. The van der Waals surface area contributed by atoms with Crippen molar-refractivity contribution in [2.75, 3.05) is 23.8 Å². The van der Waals surface area contributed by atoms with Gasteiger partial charge in [-0.15, -0.1) is 11.3 Å². The molecule has 1 heterocycles.